The van der Waals surface area contributed by atoms with Crippen molar-refractivity contribution < 1.29 is 9.53 Å². The number of ether oxygens (including phenoxy) is 1. The molecule has 0 spiro atoms. The molecule has 2 aliphatic rings. The van der Waals surface area contributed by atoms with Gasteiger partial charge in [-0.15, -0.1) is 0 Å². The minimum atomic E-state index is -0.398. The second-order valence-electron chi connectivity index (χ2n) is 7.93. The fraction of sp³-hybridized carbons (Fsp3) is 0.292. The molecule has 1 aromatic heterocycles. The van der Waals surface area contributed by atoms with Crippen LogP contribution in [0.25, 0.3) is 11.4 Å². The van der Waals surface area contributed by atoms with Gasteiger partial charge in [-0.05, 0) is 29.8 Å². The van der Waals surface area contributed by atoms with Crippen molar-refractivity contribution in [2.75, 3.05) is 36.9 Å². The lowest BCUT2D eigenvalue weighted by Gasteiger charge is -2.29. The monoisotopic (exact) mass is 415 g/mol. The smallest absolute Gasteiger partial charge is 0.161 e. The van der Waals surface area contributed by atoms with Gasteiger partial charge in [0.2, 0.25) is 0 Å². The second kappa shape index (κ2) is 8.45. The maximum Gasteiger partial charge on any atom is 0.161 e. The van der Waals surface area contributed by atoms with Crippen molar-refractivity contribution >= 4 is 17.8 Å². The van der Waals surface area contributed by atoms with Crippen molar-refractivity contribution in [3.63, 3.8) is 0 Å². The molecule has 3 aromatic rings. The molecule has 1 atom stereocenters. The van der Waals surface area contributed by atoms with Crippen molar-refractivity contribution in [2.24, 2.45) is 0 Å². The van der Waals surface area contributed by atoms with Gasteiger partial charge in [-0.1, -0.05) is 30.3 Å². The lowest BCUT2D eigenvalue weighted by Crippen LogP contribution is -2.37. The van der Waals surface area contributed by atoms with Crippen molar-refractivity contribution in [2.45, 2.75) is 19.1 Å². The first-order chi connectivity index (χ1) is 15.2. The number of hydrogen-bond donors (Lipinski definition) is 1. The number of aldehydes is 1. The van der Waals surface area contributed by atoms with Gasteiger partial charge < -0.3 is 20.2 Å². The Morgan fingerprint density at radius 3 is 2.48 bits per heavy atom. The van der Waals surface area contributed by atoms with E-state index < -0.39 is 6.04 Å². The summed E-state index contributed by atoms with van der Waals surface area (Å²) in [6.07, 6.45) is 0.998. The van der Waals surface area contributed by atoms with Crippen LogP contribution < -0.4 is 10.6 Å². The van der Waals surface area contributed by atoms with E-state index in [9.17, 15) is 4.79 Å². The number of aromatic nitrogens is 2. The molecular formula is C24H25N5O2. The van der Waals surface area contributed by atoms with Gasteiger partial charge in [0, 0.05) is 43.0 Å². The highest BCUT2D eigenvalue weighted by molar-refractivity contribution is 5.69. The van der Waals surface area contributed by atoms with Gasteiger partial charge >= 0.3 is 0 Å². The molecule has 0 saturated carbocycles. The highest BCUT2D eigenvalue weighted by Crippen LogP contribution is 2.38. The lowest BCUT2D eigenvalue weighted by atomic mass is 10.1. The van der Waals surface area contributed by atoms with Gasteiger partial charge in [-0.3, -0.25) is 4.90 Å². The van der Waals surface area contributed by atoms with E-state index in [-0.39, 0.29) is 0 Å². The molecule has 0 amide bonds. The number of nitrogen functional groups attached to an aromatic ring is 1. The van der Waals surface area contributed by atoms with E-state index >= 15 is 0 Å². The van der Waals surface area contributed by atoms with E-state index in [2.05, 4.69) is 21.9 Å². The third-order valence-electron chi connectivity index (χ3n) is 5.89. The Balaban J connectivity index is 1.57. The highest BCUT2D eigenvalue weighted by atomic mass is 16.5. The van der Waals surface area contributed by atoms with Crippen LogP contribution in [0.2, 0.25) is 0 Å². The largest absolute Gasteiger partial charge is 0.399 e. The zero-order valence-electron chi connectivity index (χ0n) is 17.3. The van der Waals surface area contributed by atoms with Crippen LogP contribution >= 0.6 is 0 Å². The maximum absolute atomic E-state index is 12.2. The van der Waals surface area contributed by atoms with Crippen molar-refractivity contribution in [3.05, 3.63) is 71.4 Å². The molecule has 2 aromatic carbocycles. The number of anilines is 2. The molecule has 1 fully saturated rings. The van der Waals surface area contributed by atoms with Crippen LogP contribution in [0.5, 0.6) is 0 Å². The first-order valence-corrected chi connectivity index (χ1v) is 10.6. The summed E-state index contributed by atoms with van der Waals surface area (Å²) in [4.78, 5) is 26.4. The summed E-state index contributed by atoms with van der Waals surface area (Å²) in [6.45, 7) is 4.20. The number of carbonyl (C=O) groups excluding carboxylic acids is 1. The number of hydrogen-bond acceptors (Lipinski definition) is 7. The second-order valence-corrected chi connectivity index (χ2v) is 7.93. The molecule has 0 radical (unpaired) electrons. The average molecular weight is 415 g/mol. The van der Waals surface area contributed by atoms with Crippen molar-refractivity contribution in [1.82, 2.24) is 14.9 Å². The topological polar surface area (TPSA) is 84.6 Å². The van der Waals surface area contributed by atoms with Gasteiger partial charge in [0.05, 0.1) is 18.9 Å². The van der Waals surface area contributed by atoms with Gasteiger partial charge in [0.25, 0.3) is 0 Å². The Morgan fingerprint density at radius 1 is 1.03 bits per heavy atom. The van der Waals surface area contributed by atoms with Gasteiger partial charge in [-0.2, -0.15) is 0 Å². The van der Waals surface area contributed by atoms with Crippen LogP contribution in [0, 0.1) is 0 Å². The Bertz CT molecular complexity index is 1070. The molecule has 7 heteroatoms. The standard InChI is InChI=1S/C24H25N5O2/c25-19-8-6-18(7-9-19)23-26-22-20(24(27-23)28-10-12-31-13-11-28)15-29(21(22)16-30)14-17-4-2-1-3-5-17/h1-9,16,21H,10-15,25H2. The molecule has 0 aliphatic carbocycles. The van der Waals surface area contributed by atoms with Crippen LogP contribution in [-0.2, 0) is 22.6 Å². The number of carbonyl (C=O) groups is 1. The normalized spacial score (nSPS) is 18.7. The predicted molar refractivity (Wildman–Crippen MR) is 119 cm³/mol. The number of nitrogens with zero attached hydrogens (tertiary/aromatic N) is 4. The molecule has 158 valence electrons. The van der Waals surface area contributed by atoms with E-state index in [1.54, 1.807) is 0 Å². The summed E-state index contributed by atoms with van der Waals surface area (Å²) in [5, 5.41) is 0. The Morgan fingerprint density at radius 2 is 1.77 bits per heavy atom. The number of fused-ring (bicyclic) bond motifs is 1. The maximum atomic E-state index is 12.2. The third kappa shape index (κ3) is 3.89. The van der Waals surface area contributed by atoms with Gasteiger partial charge in [-0.25, -0.2) is 9.97 Å². The third-order valence-corrected chi connectivity index (χ3v) is 5.89. The van der Waals surface area contributed by atoms with Crippen molar-refractivity contribution in [3.8, 4) is 11.4 Å². The Kier molecular flexibility index (Phi) is 5.36. The van der Waals surface area contributed by atoms with E-state index in [1.165, 1.54) is 5.56 Å². The lowest BCUT2D eigenvalue weighted by molar-refractivity contribution is -0.112. The molecular weight excluding hydrogens is 390 g/mol. The molecule has 7 nitrogen and oxygen atoms in total. The van der Waals surface area contributed by atoms with Gasteiger partial charge in [0.15, 0.2) is 5.82 Å². The van der Waals surface area contributed by atoms with Crippen molar-refractivity contribution in [1.29, 1.82) is 0 Å². The van der Waals surface area contributed by atoms with Crippen LogP contribution in [0.4, 0.5) is 11.5 Å². The number of benzene rings is 2. The summed E-state index contributed by atoms with van der Waals surface area (Å²) >= 11 is 0. The predicted octanol–water partition coefficient (Wildman–Crippen LogP) is 2.82. The van der Waals surface area contributed by atoms with Gasteiger partial charge in [0.1, 0.15) is 18.1 Å². The first-order valence-electron chi connectivity index (χ1n) is 10.6. The fourth-order valence-electron chi connectivity index (χ4n) is 4.28. The quantitative estimate of drug-likeness (QED) is 0.507. The average Bonchev–Trinajstić information content (AvgIpc) is 3.17. The zero-order valence-corrected chi connectivity index (χ0v) is 17.3. The zero-order chi connectivity index (χ0) is 21.2. The SMILES string of the molecule is Nc1ccc(-c2nc3c(c(N4CCOCC4)n2)CN(Cc2ccccc2)C3C=O)cc1. The summed E-state index contributed by atoms with van der Waals surface area (Å²) in [7, 11) is 0. The molecule has 31 heavy (non-hydrogen) atoms. The number of rotatable bonds is 5. The van der Waals surface area contributed by atoms with Crippen LogP contribution in [-0.4, -0.2) is 47.5 Å². The molecule has 5 rings (SSSR count). The summed E-state index contributed by atoms with van der Waals surface area (Å²) in [5.41, 5.74) is 10.4. The minimum absolute atomic E-state index is 0.398. The summed E-state index contributed by atoms with van der Waals surface area (Å²) in [6, 6.07) is 17.3. The van der Waals surface area contributed by atoms with E-state index in [0.29, 0.717) is 37.8 Å². The molecule has 1 saturated heterocycles. The number of nitrogens with two attached hydrogens (primary N) is 1. The first kappa shape index (κ1) is 19.7. The fourth-order valence-corrected chi connectivity index (χ4v) is 4.28. The van der Waals surface area contributed by atoms with E-state index in [1.807, 2.05) is 42.5 Å². The molecule has 2 aliphatic heterocycles. The Labute approximate surface area is 181 Å². The summed E-state index contributed by atoms with van der Waals surface area (Å²) < 4.78 is 5.55. The van der Waals surface area contributed by atoms with E-state index in [4.69, 9.17) is 20.4 Å². The molecule has 2 N–H and O–H groups in total. The van der Waals surface area contributed by atoms with Crippen LogP contribution in [0.3, 0.4) is 0 Å². The minimum Gasteiger partial charge on any atom is -0.399 e. The molecule has 0 bridgehead atoms. The number of morpholine rings is 1. The molecule has 3 heterocycles. The summed E-state index contributed by atoms with van der Waals surface area (Å²) in [5.74, 6) is 1.52. The van der Waals surface area contributed by atoms with Crippen LogP contribution in [0.15, 0.2) is 54.6 Å². The van der Waals surface area contributed by atoms with E-state index in [0.717, 1.165) is 42.0 Å². The highest BCUT2D eigenvalue weighted by Gasteiger charge is 2.36. The molecule has 1 unspecified atom stereocenters. The Hall–Kier alpha value is -3.29. The van der Waals surface area contributed by atoms with Crippen LogP contribution in [0.1, 0.15) is 22.9 Å².